The number of carboxylic acids is 1. The van der Waals surface area contributed by atoms with Crippen molar-refractivity contribution in [2.24, 2.45) is 15.9 Å². The van der Waals surface area contributed by atoms with Crippen LogP contribution in [0.5, 0.6) is 0 Å². The van der Waals surface area contributed by atoms with E-state index >= 15 is 0 Å². The Morgan fingerprint density at radius 3 is 2.65 bits per heavy atom. The molecule has 2 heterocycles. The molecule has 0 saturated heterocycles. The van der Waals surface area contributed by atoms with Crippen LogP contribution in [0.1, 0.15) is 28.5 Å². The van der Waals surface area contributed by atoms with Gasteiger partial charge in [0.25, 0.3) is 0 Å². The van der Waals surface area contributed by atoms with Gasteiger partial charge in [0.2, 0.25) is 10.0 Å². The molecule has 0 fully saturated rings. The predicted octanol–water partition coefficient (Wildman–Crippen LogP) is 1.02. The summed E-state index contributed by atoms with van der Waals surface area (Å²) in [6, 6.07) is 13.5. The second-order valence-electron chi connectivity index (χ2n) is 9.07. The van der Waals surface area contributed by atoms with Crippen molar-refractivity contribution in [3.63, 3.8) is 0 Å². The number of rotatable bonds is 10. The quantitative estimate of drug-likeness (QED) is 0.260. The summed E-state index contributed by atoms with van der Waals surface area (Å²) in [6.07, 6.45) is 3.16. The fourth-order valence-electron chi connectivity index (χ4n) is 4.29. The lowest BCUT2D eigenvalue weighted by Gasteiger charge is -2.27. The lowest BCUT2D eigenvalue weighted by atomic mass is 10.1. The van der Waals surface area contributed by atoms with Crippen molar-refractivity contribution in [2.75, 3.05) is 13.1 Å². The number of aromatic carboxylic acids is 1. The van der Waals surface area contributed by atoms with Gasteiger partial charge in [-0.2, -0.15) is 0 Å². The predicted molar refractivity (Wildman–Crippen MR) is 140 cm³/mol. The Hall–Kier alpha value is -3.71. The van der Waals surface area contributed by atoms with Gasteiger partial charge in [-0.3, -0.25) is 0 Å². The SMILES string of the molecule is CC(Cc1ccc2c(c1)cc(C(=O)O)n2Cc1cccc(S(N)(=O)=O)c1)NCC(O)N1C=NC(N)=CC1. The number of aromatic nitrogens is 1. The number of sulfonamides is 1. The molecule has 11 nitrogen and oxygen atoms in total. The molecule has 7 N–H and O–H groups in total. The molecule has 4 rings (SSSR count). The number of nitrogens with one attached hydrogen (secondary N) is 1. The molecule has 1 aliphatic heterocycles. The summed E-state index contributed by atoms with van der Waals surface area (Å²) in [4.78, 5) is 17.6. The van der Waals surface area contributed by atoms with Gasteiger partial charge in [-0.1, -0.05) is 18.2 Å². The van der Waals surface area contributed by atoms with Gasteiger partial charge in [0.05, 0.1) is 11.2 Å². The molecule has 0 saturated carbocycles. The van der Waals surface area contributed by atoms with Gasteiger partial charge in [0.15, 0.2) is 0 Å². The summed E-state index contributed by atoms with van der Waals surface area (Å²) in [7, 11) is -3.87. The Kier molecular flexibility index (Phi) is 7.64. The Labute approximate surface area is 214 Å². The highest BCUT2D eigenvalue weighted by Gasteiger charge is 2.18. The van der Waals surface area contributed by atoms with Crippen LogP contribution in [0.4, 0.5) is 0 Å². The molecule has 0 bridgehead atoms. The number of aliphatic hydroxyl groups excluding tert-OH is 1. The van der Waals surface area contributed by atoms with E-state index in [1.807, 2.05) is 25.1 Å². The van der Waals surface area contributed by atoms with Crippen molar-refractivity contribution in [2.45, 2.75) is 37.1 Å². The minimum Gasteiger partial charge on any atom is -0.477 e. The molecule has 0 aliphatic carbocycles. The monoisotopic (exact) mass is 526 g/mol. The van der Waals surface area contributed by atoms with Crippen LogP contribution >= 0.6 is 0 Å². The first-order chi connectivity index (χ1) is 17.5. The molecular weight excluding hydrogens is 496 g/mol. The summed E-state index contributed by atoms with van der Waals surface area (Å²) in [5.41, 5.74) is 8.04. The van der Waals surface area contributed by atoms with Crippen LogP contribution in [0.25, 0.3) is 10.9 Å². The molecule has 2 unspecified atom stereocenters. The first-order valence-electron chi connectivity index (χ1n) is 11.7. The van der Waals surface area contributed by atoms with Crippen molar-refractivity contribution < 1.29 is 23.4 Å². The number of nitrogens with zero attached hydrogens (tertiary/aromatic N) is 3. The Morgan fingerprint density at radius 2 is 1.97 bits per heavy atom. The molecule has 2 atom stereocenters. The van der Waals surface area contributed by atoms with Gasteiger partial charge in [0.1, 0.15) is 17.7 Å². The Balaban J connectivity index is 1.48. The van der Waals surface area contributed by atoms with Gasteiger partial charge >= 0.3 is 5.97 Å². The summed E-state index contributed by atoms with van der Waals surface area (Å²) in [5, 5.41) is 29.5. The summed E-state index contributed by atoms with van der Waals surface area (Å²) in [6.45, 7) is 2.99. The zero-order valence-corrected chi connectivity index (χ0v) is 21.1. The minimum absolute atomic E-state index is 0.0274. The maximum absolute atomic E-state index is 12.0. The number of aliphatic hydroxyl groups is 1. The number of benzene rings is 2. The number of hydrogen-bond acceptors (Lipinski definition) is 8. The lowest BCUT2D eigenvalue weighted by Crippen LogP contribution is -2.45. The molecule has 1 aliphatic rings. The van der Waals surface area contributed by atoms with Crippen molar-refractivity contribution >= 4 is 33.2 Å². The third kappa shape index (κ3) is 6.35. The summed E-state index contributed by atoms with van der Waals surface area (Å²) < 4.78 is 25.1. The molecule has 3 aromatic rings. The number of nitrogens with two attached hydrogens (primary N) is 2. The smallest absolute Gasteiger partial charge is 0.352 e. The standard InChI is InChI=1S/C25H30N6O5S/c1-16(28-13-24(32)30-8-7-23(26)29-15-30)9-17-5-6-21-19(10-17)12-22(25(33)34)31(21)14-18-3-2-4-20(11-18)37(27,35)36/h2-7,10-12,15-16,24,28,32H,8-9,13-14,26H2,1H3,(H,33,34)(H2,27,35,36). The molecular formula is C25H30N6O5S. The normalized spacial score (nSPS) is 15.5. The first-order valence-corrected chi connectivity index (χ1v) is 13.2. The van der Waals surface area contributed by atoms with Crippen LogP contribution in [-0.4, -0.2) is 65.8 Å². The number of aliphatic imine (C=N–C) groups is 1. The van der Waals surface area contributed by atoms with Crippen LogP contribution in [0.2, 0.25) is 0 Å². The van der Waals surface area contributed by atoms with Gasteiger partial charge in [-0.25, -0.2) is 23.3 Å². The molecule has 12 heteroatoms. The van der Waals surface area contributed by atoms with E-state index in [2.05, 4.69) is 10.3 Å². The first kappa shape index (κ1) is 26.4. The number of primary sulfonamides is 1. The number of carbonyl (C=O) groups is 1. The van der Waals surface area contributed by atoms with Crippen LogP contribution in [0.15, 0.2) is 70.3 Å². The van der Waals surface area contributed by atoms with Crippen LogP contribution in [0, 0.1) is 0 Å². The highest BCUT2D eigenvalue weighted by molar-refractivity contribution is 7.89. The molecule has 37 heavy (non-hydrogen) atoms. The summed E-state index contributed by atoms with van der Waals surface area (Å²) in [5.74, 6) is -0.653. The molecule has 2 aromatic carbocycles. The lowest BCUT2D eigenvalue weighted by molar-refractivity contribution is 0.0606. The van der Waals surface area contributed by atoms with E-state index in [1.54, 1.807) is 33.7 Å². The van der Waals surface area contributed by atoms with Gasteiger partial charge in [-0.05, 0) is 60.9 Å². The zero-order chi connectivity index (χ0) is 26.7. The van der Waals surface area contributed by atoms with Crippen molar-refractivity contribution in [1.82, 2.24) is 14.8 Å². The Morgan fingerprint density at radius 1 is 1.19 bits per heavy atom. The topological polar surface area (TPSA) is 176 Å². The summed E-state index contributed by atoms with van der Waals surface area (Å²) >= 11 is 0. The molecule has 1 aromatic heterocycles. The van der Waals surface area contributed by atoms with Crippen LogP contribution in [0.3, 0.4) is 0 Å². The number of hydrogen-bond donors (Lipinski definition) is 5. The van der Waals surface area contributed by atoms with Gasteiger partial charge in [0, 0.05) is 36.6 Å². The van der Waals surface area contributed by atoms with Gasteiger partial charge in [-0.15, -0.1) is 0 Å². The van der Waals surface area contributed by atoms with Gasteiger partial charge < -0.3 is 30.7 Å². The molecule has 0 radical (unpaired) electrons. The van der Waals surface area contributed by atoms with Crippen molar-refractivity contribution in [3.8, 4) is 0 Å². The molecule has 196 valence electrons. The van der Waals surface area contributed by atoms with Crippen LogP contribution < -0.4 is 16.2 Å². The fraction of sp³-hybridized carbons (Fsp3) is 0.280. The van der Waals surface area contributed by atoms with E-state index in [0.29, 0.717) is 30.9 Å². The highest BCUT2D eigenvalue weighted by atomic mass is 32.2. The number of fused-ring (bicyclic) bond motifs is 1. The highest BCUT2D eigenvalue weighted by Crippen LogP contribution is 2.24. The fourth-order valence-corrected chi connectivity index (χ4v) is 4.87. The van der Waals surface area contributed by atoms with E-state index < -0.39 is 22.2 Å². The zero-order valence-electron chi connectivity index (χ0n) is 20.3. The van der Waals surface area contributed by atoms with E-state index in [-0.39, 0.29) is 23.2 Å². The van der Waals surface area contributed by atoms with E-state index in [0.717, 1.165) is 16.5 Å². The van der Waals surface area contributed by atoms with Crippen molar-refractivity contribution in [1.29, 1.82) is 0 Å². The van der Waals surface area contributed by atoms with E-state index in [1.165, 1.54) is 18.5 Å². The van der Waals surface area contributed by atoms with Crippen molar-refractivity contribution in [3.05, 3.63) is 77.2 Å². The third-order valence-corrected chi connectivity index (χ3v) is 7.10. The maximum Gasteiger partial charge on any atom is 0.352 e. The average Bonchev–Trinajstić information content (AvgIpc) is 3.20. The second-order valence-corrected chi connectivity index (χ2v) is 10.6. The second kappa shape index (κ2) is 10.7. The third-order valence-electron chi connectivity index (χ3n) is 6.19. The largest absolute Gasteiger partial charge is 0.477 e. The van der Waals surface area contributed by atoms with E-state index in [4.69, 9.17) is 10.9 Å². The molecule has 0 spiro atoms. The van der Waals surface area contributed by atoms with E-state index in [9.17, 15) is 23.4 Å². The van der Waals surface area contributed by atoms with Crippen LogP contribution in [-0.2, 0) is 23.0 Å². The average molecular weight is 527 g/mol. The number of carboxylic acid groups (broad SMARTS) is 1. The maximum atomic E-state index is 12.0. The Bertz CT molecular complexity index is 1480. The molecule has 0 amide bonds. The minimum atomic E-state index is -3.87.